The predicted molar refractivity (Wildman–Crippen MR) is 84.3 cm³/mol. The molecule has 3 nitrogen and oxygen atoms in total. The van der Waals surface area contributed by atoms with Crippen molar-refractivity contribution in [1.82, 2.24) is 16.0 Å². The SMILES string of the molecule is CCC1=CC=C(CCCCNC[C@H](F)CC)NC1NC. The highest BCUT2D eigenvalue weighted by Gasteiger charge is 2.14. The number of allylic oxidation sites excluding steroid dienone is 3. The summed E-state index contributed by atoms with van der Waals surface area (Å²) in [5.41, 5.74) is 2.69. The fourth-order valence-corrected chi connectivity index (χ4v) is 2.33. The van der Waals surface area contributed by atoms with E-state index in [2.05, 4.69) is 35.0 Å². The third kappa shape index (κ3) is 6.06. The number of halogens is 1. The van der Waals surface area contributed by atoms with Crippen LogP contribution in [0.25, 0.3) is 0 Å². The third-order valence-corrected chi connectivity index (χ3v) is 3.75. The molecule has 0 aromatic heterocycles. The van der Waals surface area contributed by atoms with Gasteiger partial charge in [0, 0.05) is 12.2 Å². The van der Waals surface area contributed by atoms with E-state index in [0.29, 0.717) is 13.0 Å². The lowest BCUT2D eigenvalue weighted by molar-refractivity contribution is 0.310. The number of nitrogens with one attached hydrogen (secondary N) is 3. The Kier molecular flexibility index (Phi) is 8.54. The van der Waals surface area contributed by atoms with Gasteiger partial charge in [-0.1, -0.05) is 19.9 Å². The van der Waals surface area contributed by atoms with Crippen molar-refractivity contribution in [3.05, 3.63) is 23.4 Å². The normalized spacial score (nSPS) is 20.1. The highest BCUT2D eigenvalue weighted by Crippen LogP contribution is 2.15. The summed E-state index contributed by atoms with van der Waals surface area (Å²) >= 11 is 0. The summed E-state index contributed by atoms with van der Waals surface area (Å²) in [4.78, 5) is 0. The maximum Gasteiger partial charge on any atom is 0.112 e. The van der Waals surface area contributed by atoms with Crippen LogP contribution in [0.5, 0.6) is 0 Å². The van der Waals surface area contributed by atoms with Crippen LogP contribution in [-0.2, 0) is 0 Å². The van der Waals surface area contributed by atoms with Gasteiger partial charge < -0.3 is 10.6 Å². The molecule has 1 unspecified atom stereocenters. The molecule has 1 rings (SSSR count). The molecule has 20 heavy (non-hydrogen) atoms. The van der Waals surface area contributed by atoms with Gasteiger partial charge in [-0.05, 0) is 57.3 Å². The molecule has 0 radical (unpaired) electrons. The topological polar surface area (TPSA) is 36.1 Å². The maximum absolute atomic E-state index is 13.0. The lowest BCUT2D eigenvalue weighted by Gasteiger charge is -2.26. The Morgan fingerprint density at radius 2 is 2.10 bits per heavy atom. The summed E-state index contributed by atoms with van der Waals surface area (Å²) in [6.07, 6.45) is 8.91. The van der Waals surface area contributed by atoms with Crippen LogP contribution < -0.4 is 16.0 Å². The van der Waals surface area contributed by atoms with E-state index in [1.165, 1.54) is 11.3 Å². The minimum absolute atomic E-state index is 0.273. The Hall–Kier alpha value is -0.870. The zero-order valence-corrected chi connectivity index (χ0v) is 13.1. The smallest absolute Gasteiger partial charge is 0.112 e. The highest BCUT2D eigenvalue weighted by molar-refractivity contribution is 5.26. The molecule has 3 N–H and O–H groups in total. The van der Waals surface area contributed by atoms with Gasteiger partial charge in [-0.2, -0.15) is 0 Å². The number of dihydropyridines is 1. The average Bonchev–Trinajstić information content (AvgIpc) is 2.49. The van der Waals surface area contributed by atoms with Gasteiger partial charge in [-0.3, -0.25) is 5.32 Å². The van der Waals surface area contributed by atoms with Crippen molar-refractivity contribution in [2.75, 3.05) is 20.1 Å². The molecule has 0 amide bonds. The molecule has 1 aliphatic rings. The van der Waals surface area contributed by atoms with Crippen LogP contribution in [0.2, 0.25) is 0 Å². The molecule has 2 atom stereocenters. The number of hydrogen-bond donors (Lipinski definition) is 3. The van der Waals surface area contributed by atoms with Crippen LogP contribution in [0.1, 0.15) is 46.0 Å². The second-order valence-corrected chi connectivity index (χ2v) is 5.32. The van der Waals surface area contributed by atoms with Gasteiger partial charge in [-0.25, -0.2) is 4.39 Å². The van der Waals surface area contributed by atoms with E-state index in [9.17, 15) is 4.39 Å². The Labute approximate surface area is 123 Å². The number of unbranched alkanes of at least 4 members (excludes halogenated alkanes) is 1. The van der Waals surface area contributed by atoms with Crippen LogP contribution in [-0.4, -0.2) is 32.5 Å². The Morgan fingerprint density at radius 1 is 1.30 bits per heavy atom. The van der Waals surface area contributed by atoms with Gasteiger partial charge in [0.05, 0.1) is 6.17 Å². The molecule has 0 aromatic rings. The van der Waals surface area contributed by atoms with Crippen LogP contribution >= 0.6 is 0 Å². The van der Waals surface area contributed by atoms with Crippen molar-refractivity contribution < 1.29 is 4.39 Å². The lowest BCUT2D eigenvalue weighted by Crippen LogP contribution is -2.42. The monoisotopic (exact) mass is 283 g/mol. The van der Waals surface area contributed by atoms with Crippen molar-refractivity contribution in [2.45, 2.75) is 58.3 Å². The molecular formula is C16H30FN3. The van der Waals surface area contributed by atoms with Crippen molar-refractivity contribution in [2.24, 2.45) is 0 Å². The van der Waals surface area contributed by atoms with Crippen LogP contribution in [0.15, 0.2) is 23.4 Å². The highest BCUT2D eigenvalue weighted by atomic mass is 19.1. The fourth-order valence-electron chi connectivity index (χ4n) is 2.33. The molecule has 4 heteroatoms. The fraction of sp³-hybridized carbons (Fsp3) is 0.750. The van der Waals surface area contributed by atoms with E-state index in [0.717, 1.165) is 32.2 Å². The standard InChI is InChI=1S/C16H30FN3/c1-4-13-9-10-15(20-16(13)18-3)8-6-7-11-19-12-14(17)5-2/h9-10,14,16,18-20H,4-8,11-12H2,1-3H3/t14-,16?/m1/s1. The number of likely N-dealkylation sites (N-methyl/N-ethyl adjacent to an activating group) is 1. The molecule has 1 aliphatic heterocycles. The summed E-state index contributed by atoms with van der Waals surface area (Å²) in [7, 11) is 1.98. The number of hydrogen-bond acceptors (Lipinski definition) is 3. The van der Waals surface area contributed by atoms with Gasteiger partial charge in [0.25, 0.3) is 0 Å². The van der Waals surface area contributed by atoms with Gasteiger partial charge in [-0.15, -0.1) is 0 Å². The minimum Gasteiger partial charge on any atom is -0.370 e. The Bertz CT molecular complexity index is 326. The van der Waals surface area contributed by atoms with Crippen molar-refractivity contribution >= 4 is 0 Å². The van der Waals surface area contributed by atoms with Gasteiger partial charge >= 0.3 is 0 Å². The first kappa shape index (κ1) is 17.2. The zero-order chi connectivity index (χ0) is 14.8. The molecule has 0 aliphatic carbocycles. The maximum atomic E-state index is 13.0. The molecule has 0 bridgehead atoms. The van der Waals surface area contributed by atoms with Gasteiger partial charge in [0.15, 0.2) is 0 Å². The van der Waals surface area contributed by atoms with Crippen LogP contribution in [0.4, 0.5) is 4.39 Å². The van der Waals surface area contributed by atoms with Crippen molar-refractivity contribution in [3.63, 3.8) is 0 Å². The van der Waals surface area contributed by atoms with E-state index in [1.807, 2.05) is 14.0 Å². The second-order valence-electron chi connectivity index (χ2n) is 5.32. The molecule has 0 saturated carbocycles. The van der Waals surface area contributed by atoms with Gasteiger partial charge in [0.2, 0.25) is 0 Å². The summed E-state index contributed by atoms with van der Waals surface area (Å²) in [5.74, 6) is 0. The number of alkyl halides is 1. The molecule has 0 fully saturated rings. The summed E-state index contributed by atoms with van der Waals surface area (Å²) in [5, 5.41) is 9.98. The first-order chi connectivity index (χ1) is 9.71. The average molecular weight is 283 g/mol. The van der Waals surface area contributed by atoms with Crippen molar-refractivity contribution in [1.29, 1.82) is 0 Å². The number of rotatable bonds is 10. The Balaban J connectivity index is 2.16. The first-order valence-electron chi connectivity index (χ1n) is 7.89. The van der Waals surface area contributed by atoms with E-state index < -0.39 is 6.17 Å². The van der Waals surface area contributed by atoms with E-state index >= 15 is 0 Å². The van der Waals surface area contributed by atoms with Crippen molar-refractivity contribution in [3.8, 4) is 0 Å². The quantitative estimate of drug-likeness (QED) is 0.540. The summed E-state index contributed by atoms with van der Waals surface area (Å²) < 4.78 is 13.0. The molecule has 0 spiro atoms. The largest absolute Gasteiger partial charge is 0.370 e. The van der Waals surface area contributed by atoms with Crippen LogP contribution in [0, 0.1) is 0 Å². The third-order valence-electron chi connectivity index (χ3n) is 3.75. The molecule has 116 valence electrons. The van der Waals surface area contributed by atoms with E-state index in [1.54, 1.807) is 0 Å². The second kappa shape index (κ2) is 9.94. The Morgan fingerprint density at radius 3 is 2.75 bits per heavy atom. The van der Waals surface area contributed by atoms with E-state index in [4.69, 9.17) is 0 Å². The zero-order valence-electron chi connectivity index (χ0n) is 13.1. The molecule has 1 heterocycles. The summed E-state index contributed by atoms with van der Waals surface area (Å²) in [6.45, 7) is 5.45. The van der Waals surface area contributed by atoms with Crippen LogP contribution in [0.3, 0.4) is 0 Å². The lowest BCUT2D eigenvalue weighted by atomic mass is 10.0. The molecule has 0 saturated heterocycles. The predicted octanol–water partition coefficient (Wildman–Crippen LogP) is 2.86. The minimum atomic E-state index is -0.702. The molecule has 0 aromatic carbocycles. The molecular weight excluding hydrogens is 253 g/mol. The summed E-state index contributed by atoms with van der Waals surface area (Å²) in [6, 6.07) is 0. The van der Waals surface area contributed by atoms with Gasteiger partial charge in [0.1, 0.15) is 6.17 Å². The van der Waals surface area contributed by atoms with E-state index in [-0.39, 0.29) is 6.17 Å². The first-order valence-corrected chi connectivity index (χ1v) is 7.89.